The number of hydrogen-bond donors (Lipinski definition) is 0. The van der Waals surface area contributed by atoms with Gasteiger partial charge in [-0.05, 0) is 18.6 Å². The third-order valence-electron chi connectivity index (χ3n) is 4.02. The van der Waals surface area contributed by atoms with Crippen molar-refractivity contribution in [2.24, 2.45) is 0 Å². The van der Waals surface area contributed by atoms with Crippen LogP contribution in [0.4, 0.5) is 0 Å². The van der Waals surface area contributed by atoms with E-state index in [2.05, 4.69) is 15.1 Å². The Morgan fingerprint density at radius 2 is 1.88 bits per heavy atom. The Labute approximate surface area is 150 Å². The van der Waals surface area contributed by atoms with Crippen LogP contribution in [-0.4, -0.2) is 32.2 Å². The summed E-state index contributed by atoms with van der Waals surface area (Å²) in [6, 6.07) is 11.8. The molecule has 0 N–H and O–H groups in total. The van der Waals surface area contributed by atoms with E-state index in [-0.39, 0.29) is 0 Å². The number of carbonyl (C=O) groups excluding carboxylic acids is 1. The summed E-state index contributed by atoms with van der Waals surface area (Å²) >= 11 is 0. The lowest BCUT2D eigenvalue weighted by Crippen LogP contribution is -2.05. The Bertz CT molecular complexity index is 1070. The van der Waals surface area contributed by atoms with Crippen molar-refractivity contribution in [3.63, 3.8) is 0 Å². The van der Waals surface area contributed by atoms with Crippen molar-refractivity contribution in [1.29, 1.82) is 0 Å². The monoisotopic (exact) mass is 344 g/mol. The third-order valence-corrected chi connectivity index (χ3v) is 4.02. The fraction of sp³-hybridized carbons (Fsp3) is 0.100. The van der Waals surface area contributed by atoms with Gasteiger partial charge in [-0.1, -0.05) is 30.3 Å². The van der Waals surface area contributed by atoms with Crippen LogP contribution in [0.3, 0.4) is 0 Å². The lowest BCUT2D eigenvalue weighted by Gasteiger charge is -2.04. The maximum Gasteiger partial charge on any atom is 0.339 e. The first kappa shape index (κ1) is 16.0. The highest BCUT2D eigenvalue weighted by atomic mass is 16.5. The van der Waals surface area contributed by atoms with Gasteiger partial charge in [-0.3, -0.25) is 4.98 Å². The Hall–Kier alpha value is -3.54. The molecule has 0 fully saturated rings. The molecule has 0 radical (unpaired) electrons. The van der Waals surface area contributed by atoms with Crippen LogP contribution >= 0.6 is 0 Å². The highest BCUT2D eigenvalue weighted by Crippen LogP contribution is 2.25. The number of nitrogens with zero attached hydrogens (tertiary/aromatic N) is 4. The van der Waals surface area contributed by atoms with Gasteiger partial charge < -0.3 is 4.74 Å². The van der Waals surface area contributed by atoms with Crippen molar-refractivity contribution >= 4 is 11.6 Å². The number of aromatic nitrogens is 4. The van der Waals surface area contributed by atoms with Gasteiger partial charge in [0.1, 0.15) is 0 Å². The molecular weight excluding hydrogens is 328 g/mol. The maximum absolute atomic E-state index is 11.9. The SMILES string of the molecule is CCOC(=O)c1cncc(-c2cnn3cc(-c4ccccc4)cnc23)c1. The van der Waals surface area contributed by atoms with Crippen molar-refractivity contribution in [2.45, 2.75) is 6.92 Å². The lowest BCUT2D eigenvalue weighted by atomic mass is 10.1. The van der Waals surface area contributed by atoms with Gasteiger partial charge in [-0.25, -0.2) is 14.3 Å². The zero-order valence-electron chi connectivity index (χ0n) is 14.2. The number of ether oxygens (including phenoxy) is 1. The average molecular weight is 344 g/mol. The number of esters is 1. The second kappa shape index (κ2) is 6.76. The maximum atomic E-state index is 11.9. The number of benzene rings is 1. The van der Waals surface area contributed by atoms with Crippen LogP contribution in [-0.2, 0) is 4.74 Å². The van der Waals surface area contributed by atoms with E-state index in [1.165, 1.54) is 6.20 Å². The first-order valence-electron chi connectivity index (χ1n) is 8.27. The number of fused-ring (bicyclic) bond motifs is 1. The zero-order valence-corrected chi connectivity index (χ0v) is 14.2. The molecule has 6 nitrogen and oxygen atoms in total. The van der Waals surface area contributed by atoms with E-state index in [1.807, 2.05) is 42.7 Å². The van der Waals surface area contributed by atoms with Gasteiger partial charge in [0.05, 0.1) is 18.4 Å². The average Bonchev–Trinajstić information content (AvgIpc) is 3.12. The molecule has 0 amide bonds. The molecule has 0 saturated heterocycles. The Balaban J connectivity index is 1.74. The first-order valence-corrected chi connectivity index (χ1v) is 8.27. The molecule has 3 aromatic heterocycles. The lowest BCUT2D eigenvalue weighted by molar-refractivity contribution is 0.0526. The van der Waals surface area contributed by atoms with Crippen molar-refractivity contribution < 1.29 is 9.53 Å². The van der Waals surface area contributed by atoms with Gasteiger partial charge >= 0.3 is 5.97 Å². The number of carbonyl (C=O) groups is 1. The van der Waals surface area contributed by atoms with Gasteiger partial charge in [0, 0.05) is 41.5 Å². The van der Waals surface area contributed by atoms with Crippen molar-refractivity contribution in [3.8, 4) is 22.3 Å². The molecule has 0 aliphatic heterocycles. The predicted molar refractivity (Wildman–Crippen MR) is 97.6 cm³/mol. The molecule has 3 heterocycles. The summed E-state index contributed by atoms with van der Waals surface area (Å²) in [5.41, 5.74) is 4.74. The van der Waals surface area contributed by atoms with Crippen molar-refractivity contribution in [3.05, 3.63) is 72.9 Å². The number of rotatable bonds is 4. The highest BCUT2D eigenvalue weighted by molar-refractivity contribution is 5.91. The molecule has 0 aliphatic carbocycles. The molecule has 0 atom stereocenters. The van der Waals surface area contributed by atoms with Crippen LogP contribution in [0.1, 0.15) is 17.3 Å². The van der Waals surface area contributed by atoms with Crippen molar-refractivity contribution in [2.75, 3.05) is 6.61 Å². The number of pyridine rings is 1. The van der Waals surface area contributed by atoms with Gasteiger partial charge in [-0.2, -0.15) is 5.10 Å². The minimum absolute atomic E-state index is 0.323. The largest absolute Gasteiger partial charge is 0.462 e. The molecule has 0 spiro atoms. The van der Waals surface area contributed by atoms with E-state index in [9.17, 15) is 4.79 Å². The quantitative estimate of drug-likeness (QED) is 0.529. The van der Waals surface area contributed by atoms with Crippen LogP contribution < -0.4 is 0 Å². The van der Waals surface area contributed by atoms with Crippen LogP contribution in [0.2, 0.25) is 0 Å². The molecule has 1 aromatic carbocycles. The Morgan fingerprint density at radius 1 is 1.04 bits per heavy atom. The third kappa shape index (κ3) is 2.93. The van der Waals surface area contributed by atoms with Crippen LogP contribution in [0, 0.1) is 0 Å². The van der Waals surface area contributed by atoms with Crippen LogP contribution in [0.5, 0.6) is 0 Å². The van der Waals surface area contributed by atoms with E-state index >= 15 is 0 Å². The smallest absolute Gasteiger partial charge is 0.339 e. The highest BCUT2D eigenvalue weighted by Gasteiger charge is 2.13. The summed E-state index contributed by atoms with van der Waals surface area (Å²) in [6.07, 6.45) is 8.66. The minimum Gasteiger partial charge on any atom is -0.462 e. The molecule has 0 saturated carbocycles. The van der Waals surface area contributed by atoms with Crippen LogP contribution in [0.25, 0.3) is 27.9 Å². The molecule has 128 valence electrons. The van der Waals surface area contributed by atoms with Gasteiger partial charge in [0.15, 0.2) is 5.65 Å². The molecule has 26 heavy (non-hydrogen) atoms. The Kier molecular flexibility index (Phi) is 4.15. The summed E-state index contributed by atoms with van der Waals surface area (Å²) in [4.78, 5) is 20.6. The second-order valence-electron chi connectivity index (χ2n) is 5.72. The molecule has 6 heteroatoms. The molecule has 0 unspecified atom stereocenters. The molecule has 4 rings (SSSR count). The van der Waals surface area contributed by atoms with E-state index in [1.54, 1.807) is 29.9 Å². The van der Waals surface area contributed by atoms with E-state index in [0.717, 1.165) is 22.3 Å². The van der Waals surface area contributed by atoms with Crippen molar-refractivity contribution in [1.82, 2.24) is 19.6 Å². The molecule has 4 aromatic rings. The topological polar surface area (TPSA) is 69.4 Å². The van der Waals surface area contributed by atoms with Gasteiger partial charge in [0.2, 0.25) is 0 Å². The van der Waals surface area contributed by atoms with Gasteiger partial charge in [0.25, 0.3) is 0 Å². The molecule has 0 bridgehead atoms. The fourth-order valence-corrected chi connectivity index (χ4v) is 2.77. The van der Waals surface area contributed by atoms with Gasteiger partial charge in [-0.15, -0.1) is 0 Å². The summed E-state index contributed by atoms with van der Waals surface area (Å²) < 4.78 is 6.77. The first-order chi connectivity index (χ1) is 12.8. The standard InChI is InChI=1S/C20H16N4O2/c1-2-26-20(25)16-8-15(9-21-10-16)18-12-23-24-13-17(11-22-19(18)24)14-6-4-3-5-7-14/h3-13H,2H2,1H3. The summed E-state index contributed by atoms with van der Waals surface area (Å²) in [7, 11) is 0. The molecule has 0 aliphatic rings. The minimum atomic E-state index is -0.391. The van der Waals surface area contributed by atoms with E-state index in [4.69, 9.17) is 4.74 Å². The summed E-state index contributed by atoms with van der Waals surface area (Å²) in [5.74, 6) is -0.391. The fourth-order valence-electron chi connectivity index (χ4n) is 2.77. The normalized spacial score (nSPS) is 10.8. The Morgan fingerprint density at radius 3 is 2.69 bits per heavy atom. The zero-order chi connectivity index (χ0) is 17.9. The van der Waals surface area contributed by atoms with Crippen LogP contribution in [0.15, 0.2) is 67.4 Å². The van der Waals surface area contributed by atoms with E-state index < -0.39 is 5.97 Å². The summed E-state index contributed by atoms with van der Waals surface area (Å²) in [6.45, 7) is 2.10. The number of hydrogen-bond acceptors (Lipinski definition) is 5. The predicted octanol–water partition coefficient (Wildman–Crippen LogP) is 3.64. The molecular formula is C20H16N4O2. The second-order valence-corrected chi connectivity index (χ2v) is 5.72. The van der Waals surface area contributed by atoms with E-state index in [0.29, 0.717) is 17.8 Å². The summed E-state index contributed by atoms with van der Waals surface area (Å²) in [5, 5.41) is 4.40.